The highest BCUT2D eigenvalue weighted by Gasteiger charge is 2.46. The summed E-state index contributed by atoms with van der Waals surface area (Å²) in [4.78, 5) is 25.3. The van der Waals surface area contributed by atoms with E-state index < -0.39 is 38.5 Å². The van der Waals surface area contributed by atoms with Crippen molar-refractivity contribution in [3.8, 4) is 5.75 Å². The monoisotopic (exact) mass is 520 g/mol. The summed E-state index contributed by atoms with van der Waals surface area (Å²) in [6.07, 6.45) is 6.38. The fourth-order valence-corrected chi connectivity index (χ4v) is 5.70. The summed E-state index contributed by atoms with van der Waals surface area (Å²) in [5.41, 5.74) is 1.10. The fraction of sp³-hybridized carbons (Fsp3) is 0.375. The molecule has 5 nitrogen and oxygen atoms in total. The highest BCUT2D eigenvalue weighted by Crippen LogP contribution is 2.35. The number of hydrogen-bond donors (Lipinski definition) is 0. The van der Waals surface area contributed by atoms with E-state index in [0.29, 0.717) is 19.4 Å². The van der Waals surface area contributed by atoms with Crippen LogP contribution < -0.4 is 4.74 Å². The van der Waals surface area contributed by atoms with E-state index in [0.717, 1.165) is 40.6 Å². The molecule has 0 bridgehead atoms. The molecule has 0 atom stereocenters. The summed E-state index contributed by atoms with van der Waals surface area (Å²) >= 11 is -0.982. The Bertz CT molecular complexity index is 890. The van der Waals surface area contributed by atoms with Gasteiger partial charge in [0.1, 0.15) is 12.4 Å². The second-order valence-electron chi connectivity index (χ2n) is 7.59. The van der Waals surface area contributed by atoms with Crippen LogP contribution in [0.4, 0.5) is 0 Å². The summed E-state index contributed by atoms with van der Waals surface area (Å²) in [6.45, 7) is 0.493. The second kappa shape index (κ2) is 9.73. The largest absolute Gasteiger partial charge is 0.489 e. The molecule has 158 valence electrons. The van der Waals surface area contributed by atoms with Gasteiger partial charge in [0, 0.05) is 16.4 Å². The Morgan fingerprint density at radius 2 is 1.40 bits per heavy atom. The van der Waals surface area contributed by atoms with Gasteiger partial charge in [0.2, 0.25) is 0 Å². The van der Waals surface area contributed by atoms with E-state index in [-0.39, 0.29) is 3.51 Å². The SMILES string of the molecule is O=C1OC2(CCCCCCC2)OC(=O)C1=Ic1ccc(OCc2ccccc2)cc1. The minimum absolute atomic E-state index is 0.166. The molecule has 4 rings (SSSR count). The zero-order valence-electron chi connectivity index (χ0n) is 16.8. The molecule has 30 heavy (non-hydrogen) atoms. The quantitative estimate of drug-likeness (QED) is 0.414. The number of esters is 2. The Morgan fingerprint density at radius 3 is 2.03 bits per heavy atom. The van der Waals surface area contributed by atoms with E-state index in [1.54, 1.807) is 0 Å². The maximum absolute atomic E-state index is 12.6. The molecule has 0 aromatic heterocycles. The van der Waals surface area contributed by atoms with Crippen LogP contribution >= 0.6 is 20.7 Å². The lowest BCUT2D eigenvalue weighted by molar-refractivity contribution is -0.233. The van der Waals surface area contributed by atoms with Gasteiger partial charge in [0.15, 0.2) is 3.51 Å². The molecule has 0 N–H and O–H groups in total. The highest BCUT2D eigenvalue weighted by atomic mass is 127. The first-order valence-electron chi connectivity index (χ1n) is 10.4. The summed E-state index contributed by atoms with van der Waals surface area (Å²) in [5.74, 6) is -1.29. The van der Waals surface area contributed by atoms with E-state index in [4.69, 9.17) is 14.2 Å². The van der Waals surface area contributed by atoms with Crippen LogP contribution in [0.3, 0.4) is 0 Å². The molecular formula is C24H25IO5. The lowest BCUT2D eigenvalue weighted by Crippen LogP contribution is -2.50. The molecule has 2 fully saturated rings. The molecule has 1 spiro atoms. The number of halogens is 1. The van der Waals surface area contributed by atoms with Gasteiger partial charge in [-0.15, -0.1) is 0 Å². The van der Waals surface area contributed by atoms with Gasteiger partial charge in [0.25, 0.3) is 5.79 Å². The van der Waals surface area contributed by atoms with Gasteiger partial charge in [-0.05, 0) is 42.7 Å². The number of rotatable bonds is 4. The maximum atomic E-state index is 12.6. The van der Waals surface area contributed by atoms with Crippen molar-refractivity contribution in [1.29, 1.82) is 0 Å². The Labute approximate surface area is 186 Å². The number of hydrogen-bond acceptors (Lipinski definition) is 5. The van der Waals surface area contributed by atoms with Gasteiger partial charge >= 0.3 is 11.9 Å². The van der Waals surface area contributed by atoms with Gasteiger partial charge in [-0.2, -0.15) is 0 Å². The number of benzene rings is 2. The number of ether oxygens (including phenoxy) is 3. The average molecular weight is 520 g/mol. The molecule has 2 aliphatic rings. The zero-order valence-corrected chi connectivity index (χ0v) is 18.9. The first-order chi connectivity index (χ1) is 14.6. The van der Waals surface area contributed by atoms with Crippen molar-refractivity contribution < 1.29 is 23.8 Å². The first kappa shape index (κ1) is 21.0. The molecule has 2 aromatic rings. The third kappa shape index (κ3) is 5.28. The third-order valence-electron chi connectivity index (χ3n) is 5.30. The Balaban J connectivity index is 1.41. The Hall–Kier alpha value is -2.22. The molecule has 1 aliphatic carbocycles. The zero-order chi connectivity index (χ0) is 20.8. The number of carbonyl (C=O) groups is 2. The summed E-state index contributed by atoms with van der Waals surface area (Å²) in [6, 6.07) is 17.5. The van der Waals surface area contributed by atoms with E-state index >= 15 is 0 Å². The predicted molar refractivity (Wildman–Crippen MR) is 122 cm³/mol. The third-order valence-corrected chi connectivity index (χ3v) is 8.06. The van der Waals surface area contributed by atoms with Crippen molar-refractivity contribution in [1.82, 2.24) is 0 Å². The van der Waals surface area contributed by atoms with Crippen LogP contribution in [0.1, 0.15) is 50.5 Å². The van der Waals surface area contributed by atoms with Crippen LogP contribution in [0.2, 0.25) is 0 Å². The fourth-order valence-electron chi connectivity index (χ4n) is 3.70. The number of carbonyl (C=O) groups excluding carboxylic acids is 2. The van der Waals surface area contributed by atoms with Crippen LogP contribution in [0, 0.1) is 3.57 Å². The van der Waals surface area contributed by atoms with E-state index in [9.17, 15) is 9.59 Å². The lowest BCUT2D eigenvalue weighted by Gasteiger charge is -2.37. The van der Waals surface area contributed by atoms with Crippen molar-refractivity contribution >= 4 is 36.2 Å². The maximum Gasteiger partial charge on any atom is 0.354 e. The molecule has 0 radical (unpaired) electrons. The molecule has 1 heterocycles. The van der Waals surface area contributed by atoms with E-state index in [1.807, 2.05) is 54.6 Å². The summed E-state index contributed by atoms with van der Waals surface area (Å²) < 4.78 is 18.3. The van der Waals surface area contributed by atoms with Gasteiger partial charge < -0.3 is 14.2 Å². The molecule has 2 aromatic carbocycles. The van der Waals surface area contributed by atoms with Crippen molar-refractivity contribution in [2.24, 2.45) is 0 Å². The van der Waals surface area contributed by atoms with Crippen LogP contribution in [0.15, 0.2) is 54.6 Å². The molecule has 0 amide bonds. The van der Waals surface area contributed by atoms with Crippen LogP contribution in [0.5, 0.6) is 5.75 Å². The summed E-state index contributed by atoms with van der Waals surface area (Å²) in [5, 5.41) is 0. The van der Waals surface area contributed by atoms with E-state index in [2.05, 4.69) is 0 Å². The Morgan fingerprint density at radius 1 is 0.800 bits per heavy atom. The minimum Gasteiger partial charge on any atom is -0.489 e. The van der Waals surface area contributed by atoms with Gasteiger partial charge in [0.05, 0.1) is 0 Å². The molecule has 1 saturated heterocycles. The first-order valence-corrected chi connectivity index (χ1v) is 12.5. The lowest BCUT2D eigenvalue weighted by atomic mass is 9.95. The van der Waals surface area contributed by atoms with Crippen molar-refractivity contribution in [2.45, 2.75) is 57.3 Å². The van der Waals surface area contributed by atoms with Crippen molar-refractivity contribution in [2.75, 3.05) is 0 Å². The van der Waals surface area contributed by atoms with Crippen LogP contribution in [-0.2, 0) is 25.7 Å². The topological polar surface area (TPSA) is 61.8 Å². The Kier molecular flexibility index (Phi) is 6.82. The normalized spacial score (nSPS) is 18.9. The second-order valence-corrected chi connectivity index (χ2v) is 10.5. The van der Waals surface area contributed by atoms with E-state index in [1.165, 1.54) is 6.42 Å². The minimum atomic E-state index is -1.04. The molecular weight excluding hydrogens is 495 g/mol. The van der Waals surface area contributed by atoms with Crippen molar-refractivity contribution in [3.05, 3.63) is 63.7 Å². The van der Waals surface area contributed by atoms with Gasteiger partial charge in [-0.25, -0.2) is 9.59 Å². The van der Waals surface area contributed by atoms with Gasteiger partial charge in [-0.3, -0.25) is 0 Å². The smallest absolute Gasteiger partial charge is 0.354 e. The van der Waals surface area contributed by atoms with Crippen molar-refractivity contribution in [3.63, 3.8) is 0 Å². The standard InChI is InChI=1S/C24H25IO5/c26-22-21(23(27)30-24(29-22)15-7-2-1-3-8-16-24)25-19-11-13-20(14-12-19)28-17-18-9-5-4-6-10-18/h4-6,9-14H,1-3,7-8,15-17H2. The van der Waals surface area contributed by atoms with Crippen LogP contribution in [0.25, 0.3) is 0 Å². The predicted octanol–water partition coefficient (Wildman–Crippen LogP) is 5.12. The molecule has 1 saturated carbocycles. The van der Waals surface area contributed by atoms with Gasteiger partial charge in [-0.1, -0.05) is 70.3 Å². The average Bonchev–Trinajstić information content (AvgIpc) is 2.74. The highest BCUT2D eigenvalue weighted by molar-refractivity contribution is 14.2. The summed E-state index contributed by atoms with van der Waals surface area (Å²) in [7, 11) is 0. The van der Waals surface area contributed by atoms with Crippen LogP contribution in [-0.4, -0.2) is 21.2 Å². The molecule has 1 aliphatic heterocycles. The molecule has 0 unspecified atom stereocenters. The molecule has 6 heteroatoms.